The number of nitrogens with one attached hydrogen (secondary N) is 2. The molecule has 24 heavy (non-hydrogen) atoms. The summed E-state index contributed by atoms with van der Waals surface area (Å²) < 4.78 is 19.4. The van der Waals surface area contributed by atoms with Crippen molar-refractivity contribution in [2.75, 3.05) is 13.1 Å². The highest BCUT2D eigenvalue weighted by Gasteiger charge is 2.15. The van der Waals surface area contributed by atoms with E-state index in [-0.39, 0.29) is 18.1 Å². The summed E-state index contributed by atoms with van der Waals surface area (Å²) in [6.45, 7) is 6.23. The number of carbonyl (C=O) groups excluding carboxylic acids is 2. The summed E-state index contributed by atoms with van der Waals surface area (Å²) in [6.07, 6.45) is 0.691. The van der Waals surface area contributed by atoms with Gasteiger partial charge in [0.1, 0.15) is 11.4 Å². The van der Waals surface area contributed by atoms with Crippen LogP contribution in [0.3, 0.4) is 0 Å². The van der Waals surface area contributed by atoms with Gasteiger partial charge in [-0.3, -0.25) is 4.79 Å². The molecule has 7 heteroatoms. The Hall–Kier alpha value is -1.63. The van der Waals surface area contributed by atoms with Crippen LogP contribution in [0.5, 0.6) is 0 Å². The van der Waals surface area contributed by atoms with E-state index in [9.17, 15) is 14.0 Å². The van der Waals surface area contributed by atoms with Gasteiger partial charge in [-0.15, -0.1) is 0 Å². The summed E-state index contributed by atoms with van der Waals surface area (Å²) in [7, 11) is 0. The first-order valence-electron chi connectivity index (χ1n) is 7.85. The van der Waals surface area contributed by atoms with Crippen LogP contribution >= 0.6 is 15.9 Å². The highest BCUT2D eigenvalue weighted by atomic mass is 79.9. The highest BCUT2D eigenvalue weighted by Crippen LogP contribution is 2.16. The Morgan fingerprint density at radius 3 is 2.50 bits per heavy atom. The number of benzene rings is 1. The van der Waals surface area contributed by atoms with Crippen molar-refractivity contribution in [3.8, 4) is 0 Å². The standard InChI is InChI=1S/C17H24BrFN2O3/c1-17(2,3)24-16(23)21-10-4-9-20-15(22)8-6-12-5-7-13(18)11-14(12)19/h5,7,11H,4,6,8-10H2,1-3H3,(H,20,22)(H,21,23). The zero-order valence-corrected chi connectivity index (χ0v) is 15.8. The van der Waals surface area contributed by atoms with E-state index >= 15 is 0 Å². The van der Waals surface area contributed by atoms with E-state index in [1.807, 2.05) is 0 Å². The Balaban J connectivity index is 2.15. The Kier molecular flexibility index (Phi) is 8.18. The molecule has 0 fully saturated rings. The first-order chi connectivity index (χ1) is 11.2. The van der Waals surface area contributed by atoms with Crippen LogP contribution in [0.2, 0.25) is 0 Å². The van der Waals surface area contributed by atoms with E-state index in [2.05, 4.69) is 26.6 Å². The lowest BCUT2D eigenvalue weighted by Crippen LogP contribution is -2.34. The normalized spacial score (nSPS) is 11.0. The molecule has 0 saturated heterocycles. The third-order valence-electron chi connectivity index (χ3n) is 2.98. The first-order valence-corrected chi connectivity index (χ1v) is 8.64. The smallest absolute Gasteiger partial charge is 0.407 e. The fourth-order valence-corrected chi connectivity index (χ4v) is 2.21. The second kappa shape index (κ2) is 9.61. The number of hydrogen-bond acceptors (Lipinski definition) is 3. The molecule has 0 aromatic heterocycles. The number of carbonyl (C=O) groups is 2. The molecular formula is C17H24BrFN2O3. The van der Waals surface area contributed by atoms with Crippen LogP contribution in [-0.2, 0) is 16.0 Å². The minimum Gasteiger partial charge on any atom is -0.444 e. The van der Waals surface area contributed by atoms with Gasteiger partial charge in [0.2, 0.25) is 5.91 Å². The van der Waals surface area contributed by atoms with Crippen molar-refractivity contribution in [1.29, 1.82) is 0 Å². The van der Waals surface area contributed by atoms with E-state index < -0.39 is 11.7 Å². The maximum Gasteiger partial charge on any atom is 0.407 e. The van der Waals surface area contributed by atoms with E-state index in [0.29, 0.717) is 36.0 Å². The molecule has 0 aliphatic rings. The van der Waals surface area contributed by atoms with Gasteiger partial charge in [-0.1, -0.05) is 22.0 Å². The fourth-order valence-electron chi connectivity index (χ4n) is 1.88. The predicted molar refractivity (Wildman–Crippen MR) is 94.3 cm³/mol. The predicted octanol–water partition coefficient (Wildman–Crippen LogP) is 3.55. The quantitative estimate of drug-likeness (QED) is 0.685. The number of hydrogen-bond donors (Lipinski definition) is 2. The Morgan fingerprint density at radius 1 is 1.21 bits per heavy atom. The Labute approximate surface area is 150 Å². The lowest BCUT2D eigenvalue weighted by molar-refractivity contribution is -0.121. The van der Waals surface area contributed by atoms with Gasteiger partial charge in [-0.2, -0.15) is 0 Å². The summed E-state index contributed by atoms with van der Waals surface area (Å²) in [5, 5.41) is 5.36. The van der Waals surface area contributed by atoms with Crippen molar-refractivity contribution < 1.29 is 18.7 Å². The molecule has 0 spiro atoms. The minimum absolute atomic E-state index is 0.144. The lowest BCUT2D eigenvalue weighted by Gasteiger charge is -2.19. The van der Waals surface area contributed by atoms with Crippen molar-refractivity contribution in [1.82, 2.24) is 10.6 Å². The maximum absolute atomic E-state index is 13.6. The Bertz CT molecular complexity index is 573. The molecule has 2 N–H and O–H groups in total. The number of ether oxygens (including phenoxy) is 1. The average Bonchev–Trinajstić information content (AvgIpc) is 2.44. The third-order valence-corrected chi connectivity index (χ3v) is 3.47. The van der Waals surface area contributed by atoms with E-state index in [1.54, 1.807) is 32.9 Å². The van der Waals surface area contributed by atoms with Gasteiger partial charge in [-0.25, -0.2) is 9.18 Å². The molecule has 1 rings (SSSR count). The number of aryl methyl sites for hydroxylation is 1. The van der Waals surface area contributed by atoms with E-state index in [0.717, 1.165) is 0 Å². The van der Waals surface area contributed by atoms with Gasteiger partial charge in [-0.05, 0) is 51.3 Å². The average molecular weight is 403 g/mol. The van der Waals surface area contributed by atoms with Crippen molar-refractivity contribution >= 4 is 27.9 Å². The molecule has 0 heterocycles. The molecular weight excluding hydrogens is 379 g/mol. The van der Waals surface area contributed by atoms with Crippen LogP contribution in [0.4, 0.5) is 9.18 Å². The van der Waals surface area contributed by atoms with Crippen molar-refractivity contribution in [2.24, 2.45) is 0 Å². The number of rotatable bonds is 7. The molecule has 2 amide bonds. The summed E-state index contributed by atoms with van der Waals surface area (Å²) in [5.74, 6) is -0.465. The minimum atomic E-state index is -0.527. The van der Waals surface area contributed by atoms with Crippen molar-refractivity contribution in [3.63, 3.8) is 0 Å². The number of alkyl carbamates (subject to hydrolysis) is 1. The van der Waals surface area contributed by atoms with E-state index in [1.165, 1.54) is 6.07 Å². The molecule has 1 aromatic rings. The van der Waals surface area contributed by atoms with Gasteiger partial charge in [0.25, 0.3) is 0 Å². The van der Waals surface area contributed by atoms with Gasteiger partial charge >= 0.3 is 6.09 Å². The monoisotopic (exact) mass is 402 g/mol. The van der Waals surface area contributed by atoms with Crippen LogP contribution in [0.15, 0.2) is 22.7 Å². The molecule has 134 valence electrons. The van der Waals surface area contributed by atoms with Crippen LogP contribution in [-0.4, -0.2) is 30.7 Å². The summed E-state index contributed by atoms with van der Waals surface area (Å²) in [6, 6.07) is 4.80. The summed E-state index contributed by atoms with van der Waals surface area (Å²) in [4.78, 5) is 23.1. The number of amides is 2. The SMILES string of the molecule is CC(C)(C)OC(=O)NCCCNC(=O)CCc1ccc(Br)cc1F. The molecule has 0 unspecified atom stereocenters. The number of halogens is 2. The van der Waals surface area contributed by atoms with Gasteiger partial charge in [0.15, 0.2) is 0 Å². The summed E-state index contributed by atoms with van der Waals surface area (Å²) in [5.41, 5.74) is -0.0133. The van der Waals surface area contributed by atoms with Crippen LogP contribution in [0.1, 0.15) is 39.2 Å². The molecule has 1 aromatic carbocycles. The fraction of sp³-hybridized carbons (Fsp3) is 0.529. The lowest BCUT2D eigenvalue weighted by atomic mass is 10.1. The first kappa shape index (κ1) is 20.4. The maximum atomic E-state index is 13.6. The van der Waals surface area contributed by atoms with Gasteiger partial charge in [0.05, 0.1) is 0 Å². The molecule has 0 saturated carbocycles. The zero-order valence-electron chi connectivity index (χ0n) is 14.2. The third kappa shape index (κ3) is 8.86. The van der Waals surface area contributed by atoms with Crippen LogP contribution < -0.4 is 10.6 Å². The highest BCUT2D eigenvalue weighted by molar-refractivity contribution is 9.10. The van der Waals surface area contributed by atoms with Gasteiger partial charge in [0, 0.05) is 24.0 Å². The second-order valence-electron chi connectivity index (χ2n) is 6.37. The molecule has 0 radical (unpaired) electrons. The van der Waals surface area contributed by atoms with Crippen molar-refractivity contribution in [3.05, 3.63) is 34.1 Å². The Morgan fingerprint density at radius 2 is 1.88 bits per heavy atom. The topological polar surface area (TPSA) is 67.4 Å². The van der Waals surface area contributed by atoms with E-state index in [4.69, 9.17) is 4.74 Å². The summed E-state index contributed by atoms with van der Waals surface area (Å²) >= 11 is 3.19. The molecule has 0 aliphatic heterocycles. The van der Waals surface area contributed by atoms with Crippen molar-refractivity contribution in [2.45, 2.75) is 45.6 Å². The largest absolute Gasteiger partial charge is 0.444 e. The molecule has 0 aliphatic carbocycles. The molecule has 0 atom stereocenters. The van der Waals surface area contributed by atoms with Gasteiger partial charge < -0.3 is 15.4 Å². The van der Waals surface area contributed by atoms with Crippen LogP contribution in [0.25, 0.3) is 0 Å². The molecule has 5 nitrogen and oxygen atoms in total. The molecule has 0 bridgehead atoms. The second-order valence-corrected chi connectivity index (χ2v) is 7.28. The van der Waals surface area contributed by atoms with Crippen LogP contribution in [0, 0.1) is 5.82 Å². The zero-order chi connectivity index (χ0) is 18.2.